The summed E-state index contributed by atoms with van der Waals surface area (Å²) in [5.74, 6) is 1.84. The van der Waals surface area contributed by atoms with Crippen molar-refractivity contribution in [2.24, 2.45) is 0 Å². The fourth-order valence-electron chi connectivity index (χ4n) is 5.06. The van der Waals surface area contributed by atoms with Crippen molar-refractivity contribution < 1.29 is 14.2 Å². The summed E-state index contributed by atoms with van der Waals surface area (Å²) >= 11 is 0. The predicted octanol–water partition coefficient (Wildman–Crippen LogP) is 5.39. The first-order valence-corrected chi connectivity index (χ1v) is 10.8. The van der Waals surface area contributed by atoms with E-state index in [4.69, 9.17) is 14.2 Å². The standard InChI is InChI=1S/C26H25NO3/c1-3-11-22-20(9-1)25-26(30-24-13-6-14-27(24)25)21-10-2-4-12-23(21)29-17-19-8-5-7-18(15-19)16-28-22/h1-5,7-12,15,24-26H,6,13-14,16-17H2/t24-,25+,26-/m1/s1. The first-order valence-electron chi connectivity index (χ1n) is 10.8. The van der Waals surface area contributed by atoms with Crippen molar-refractivity contribution in [3.8, 4) is 11.5 Å². The minimum Gasteiger partial charge on any atom is -0.489 e. The molecule has 0 spiro atoms. The zero-order valence-electron chi connectivity index (χ0n) is 16.9. The van der Waals surface area contributed by atoms with E-state index in [0.29, 0.717) is 13.2 Å². The van der Waals surface area contributed by atoms with E-state index in [9.17, 15) is 0 Å². The van der Waals surface area contributed by atoms with Crippen LogP contribution in [0.4, 0.5) is 0 Å². The number of fused-ring (bicyclic) bond motifs is 9. The molecule has 3 aromatic carbocycles. The van der Waals surface area contributed by atoms with Crippen molar-refractivity contribution in [1.82, 2.24) is 4.90 Å². The molecule has 0 N–H and O–H groups in total. The van der Waals surface area contributed by atoms with Gasteiger partial charge < -0.3 is 14.2 Å². The first-order chi connectivity index (χ1) is 14.9. The van der Waals surface area contributed by atoms with Gasteiger partial charge in [0.1, 0.15) is 37.0 Å². The second kappa shape index (κ2) is 7.46. The highest BCUT2D eigenvalue weighted by atomic mass is 16.5. The fraction of sp³-hybridized carbons (Fsp3) is 0.308. The molecule has 0 aliphatic carbocycles. The van der Waals surface area contributed by atoms with Crippen LogP contribution in [-0.2, 0) is 18.0 Å². The lowest BCUT2D eigenvalue weighted by molar-refractivity contribution is 0.0162. The van der Waals surface area contributed by atoms with Crippen LogP contribution < -0.4 is 9.47 Å². The molecular formula is C26H25NO3. The van der Waals surface area contributed by atoms with Gasteiger partial charge >= 0.3 is 0 Å². The topological polar surface area (TPSA) is 30.9 Å². The minimum absolute atomic E-state index is 0.0832. The molecule has 152 valence electrons. The van der Waals surface area contributed by atoms with Gasteiger partial charge in [0, 0.05) is 17.7 Å². The Hall–Kier alpha value is -2.82. The second-order valence-corrected chi connectivity index (χ2v) is 8.31. The monoisotopic (exact) mass is 399 g/mol. The molecule has 30 heavy (non-hydrogen) atoms. The number of hydrogen-bond donors (Lipinski definition) is 0. The second-order valence-electron chi connectivity index (χ2n) is 8.31. The smallest absolute Gasteiger partial charge is 0.125 e. The fourth-order valence-corrected chi connectivity index (χ4v) is 5.06. The van der Waals surface area contributed by atoms with Gasteiger partial charge in [0.25, 0.3) is 0 Å². The van der Waals surface area contributed by atoms with Gasteiger partial charge in [-0.25, -0.2) is 0 Å². The number of ether oxygens (including phenoxy) is 3. The van der Waals surface area contributed by atoms with Gasteiger partial charge in [-0.2, -0.15) is 0 Å². The van der Waals surface area contributed by atoms with E-state index in [1.807, 2.05) is 6.07 Å². The largest absolute Gasteiger partial charge is 0.489 e. The number of rotatable bonds is 0. The Labute approximate surface area is 177 Å². The maximum absolute atomic E-state index is 6.64. The lowest BCUT2D eigenvalue weighted by Gasteiger charge is -2.27. The molecule has 3 aliphatic rings. The molecule has 4 nitrogen and oxygen atoms in total. The van der Waals surface area contributed by atoms with Crippen LogP contribution in [0.2, 0.25) is 0 Å². The van der Waals surface area contributed by atoms with E-state index >= 15 is 0 Å². The van der Waals surface area contributed by atoms with E-state index < -0.39 is 0 Å². The summed E-state index contributed by atoms with van der Waals surface area (Å²) in [6, 6.07) is 25.3. The highest BCUT2D eigenvalue weighted by Gasteiger charge is 2.47. The Morgan fingerprint density at radius 2 is 1.40 bits per heavy atom. The Balaban J connectivity index is 1.51. The molecule has 0 saturated carbocycles. The van der Waals surface area contributed by atoms with Crippen molar-refractivity contribution in [2.45, 2.75) is 44.4 Å². The van der Waals surface area contributed by atoms with E-state index in [1.165, 1.54) is 12.0 Å². The number of para-hydroxylation sites is 2. The quantitative estimate of drug-likeness (QED) is 0.507. The van der Waals surface area contributed by atoms with Crippen LogP contribution in [0.25, 0.3) is 0 Å². The summed E-state index contributed by atoms with van der Waals surface area (Å²) in [6.45, 7) is 2.12. The summed E-state index contributed by atoms with van der Waals surface area (Å²) in [5, 5.41) is 0. The Morgan fingerprint density at radius 3 is 2.17 bits per heavy atom. The minimum atomic E-state index is -0.0832. The molecule has 3 heterocycles. The lowest BCUT2D eigenvalue weighted by atomic mass is 9.94. The zero-order valence-corrected chi connectivity index (χ0v) is 16.9. The Bertz CT molecular complexity index is 1070. The molecule has 4 heteroatoms. The summed E-state index contributed by atoms with van der Waals surface area (Å²) in [4.78, 5) is 2.50. The molecule has 3 atom stereocenters. The van der Waals surface area contributed by atoms with E-state index in [2.05, 4.69) is 71.6 Å². The molecule has 3 aromatic rings. The molecule has 3 aliphatic heterocycles. The van der Waals surface area contributed by atoms with Gasteiger partial charge in [0.2, 0.25) is 0 Å². The SMILES string of the molecule is c1cc2cc(c1)COc1ccccc1[C@H]1[C@H](O[C@@H]3CCCN31)c1ccccc1OC2. The third-order valence-corrected chi connectivity index (χ3v) is 6.43. The highest BCUT2D eigenvalue weighted by molar-refractivity contribution is 5.43. The molecule has 0 unspecified atom stereocenters. The Kier molecular flexibility index (Phi) is 4.47. The predicted molar refractivity (Wildman–Crippen MR) is 114 cm³/mol. The van der Waals surface area contributed by atoms with Crippen LogP contribution in [0.1, 0.15) is 47.2 Å². The molecule has 0 radical (unpaired) electrons. The summed E-state index contributed by atoms with van der Waals surface area (Å²) in [5.41, 5.74) is 4.60. The van der Waals surface area contributed by atoms with E-state index in [-0.39, 0.29) is 18.4 Å². The van der Waals surface area contributed by atoms with Gasteiger partial charge in [-0.15, -0.1) is 0 Å². The average Bonchev–Trinajstić information content (AvgIpc) is 3.38. The third kappa shape index (κ3) is 3.08. The summed E-state index contributed by atoms with van der Waals surface area (Å²) < 4.78 is 19.3. The molecule has 2 saturated heterocycles. The van der Waals surface area contributed by atoms with Crippen LogP contribution in [0, 0.1) is 0 Å². The summed E-state index contributed by atoms with van der Waals surface area (Å²) in [7, 11) is 0. The van der Waals surface area contributed by atoms with Crippen LogP contribution in [0.15, 0.2) is 72.8 Å². The van der Waals surface area contributed by atoms with Crippen LogP contribution in [0.3, 0.4) is 0 Å². The van der Waals surface area contributed by atoms with Crippen molar-refractivity contribution >= 4 is 0 Å². The highest BCUT2D eigenvalue weighted by Crippen LogP contribution is 2.52. The van der Waals surface area contributed by atoms with Crippen molar-refractivity contribution in [3.63, 3.8) is 0 Å². The molecule has 2 bridgehead atoms. The van der Waals surface area contributed by atoms with Gasteiger partial charge in [0.15, 0.2) is 0 Å². The van der Waals surface area contributed by atoms with Crippen molar-refractivity contribution in [3.05, 3.63) is 95.1 Å². The van der Waals surface area contributed by atoms with Gasteiger partial charge in [-0.1, -0.05) is 54.6 Å². The number of benzene rings is 3. The Morgan fingerprint density at radius 1 is 0.733 bits per heavy atom. The van der Waals surface area contributed by atoms with Crippen molar-refractivity contribution in [1.29, 1.82) is 0 Å². The molecule has 6 rings (SSSR count). The normalized spacial score (nSPS) is 25.3. The molecule has 2 fully saturated rings. The maximum Gasteiger partial charge on any atom is 0.125 e. The lowest BCUT2D eigenvalue weighted by Crippen LogP contribution is -2.27. The zero-order chi connectivity index (χ0) is 19.9. The first kappa shape index (κ1) is 18.0. The summed E-state index contributed by atoms with van der Waals surface area (Å²) in [6.07, 6.45) is 2.31. The molecule has 0 aromatic heterocycles. The van der Waals surface area contributed by atoms with Gasteiger partial charge in [0.05, 0.1) is 6.04 Å². The third-order valence-electron chi connectivity index (χ3n) is 6.43. The van der Waals surface area contributed by atoms with Crippen LogP contribution in [0.5, 0.6) is 11.5 Å². The molecular weight excluding hydrogens is 374 g/mol. The van der Waals surface area contributed by atoms with Crippen LogP contribution in [-0.4, -0.2) is 17.7 Å². The van der Waals surface area contributed by atoms with E-state index in [0.717, 1.165) is 41.2 Å². The number of hydrogen-bond acceptors (Lipinski definition) is 4. The number of nitrogens with zero attached hydrogens (tertiary/aromatic N) is 1. The van der Waals surface area contributed by atoms with Crippen LogP contribution >= 0.6 is 0 Å². The average molecular weight is 399 g/mol. The maximum atomic E-state index is 6.64. The van der Waals surface area contributed by atoms with Gasteiger partial charge in [-0.3, -0.25) is 4.90 Å². The van der Waals surface area contributed by atoms with E-state index in [1.54, 1.807) is 0 Å². The molecule has 0 amide bonds. The van der Waals surface area contributed by atoms with Gasteiger partial charge in [-0.05, 0) is 42.2 Å². The van der Waals surface area contributed by atoms with Crippen molar-refractivity contribution in [2.75, 3.05) is 6.54 Å².